The molecule has 2 rings (SSSR count). The number of hydrogen-bond acceptors (Lipinski definition) is 4. The van der Waals surface area contributed by atoms with Crippen LogP contribution in [0.1, 0.15) is 23.7 Å². The molecule has 0 fully saturated rings. The second-order valence-electron chi connectivity index (χ2n) is 5.57. The summed E-state index contributed by atoms with van der Waals surface area (Å²) in [7, 11) is -3.65. The predicted molar refractivity (Wildman–Crippen MR) is 89.0 cm³/mol. The summed E-state index contributed by atoms with van der Waals surface area (Å²) < 4.78 is 64.4. The van der Waals surface area contributed by atoms with E-state index in [1.807, 2.05) is 0 Å². The average molecular weight is 386 g/mol. The maximum Gasteiger partial charge on any atom is 0.416 e. The molecule has 0 bridgehead atoms. The number of rotatable bonds is 7. The molecule has 0 aliphatic rings. The summed E-state index contributed by atoms with van der Waals surface area (Å²) in [5.74, 6) is -0.366. The van der Waals surface area contributed by atoms with Crippen LogP contribution < -0.4 is 4.72 Å². The van der Waals surface area contributed by atoms with Crippen LogP contribution in [0.25, 0.3) is 0 Å². The fourth-order valence-electron chi connectivity index (χ4n) is 2.34. The molecule has 0 saturated carbocycles. The van der Waals surface area contributed by atoms with Crippen molar-refractivity contribution in [1.82, 2.24) is 9.71 Å². The van der Waals surface area contributed by atoms with E-state index in [4.69, 9.17) is 0 Å². The minimum absolute atomic E-state index is 0.0150. The Morgan fingerprint density at radius 2 is 1.88 bits per heavy atom. The highest BCUT2D eigenvalue weighted by Crippen LogP contribution is 2.29. The van der Waals surface area contributed by atoms with Crippen LogP contribution in [-0.4, -0.2) is 25.7 Å². The predicted octanol–water partition coefficient (Wildman–Crippen LogP) is 2.75. The van der Waals surface area contributed by atoms with Gasteiger partial charge in [0, 0.05) is 31.3 Å². The second kappa shape index (κ2) is 7.96. The first-order valence-corrected chi connectivity index (χ1v) is 9.22. The van der Waals surface area contributed by atoms with E-state index in [-0.39, 0.29) is 35.8 Å². The van der Waals surface area contributed by atoms with Crippen LogP contribution in [0.15, 0.2) is 47.5 Å². The van der Waals surface area contributed by atoms with E-state index in [1.165, 1.54) is 18.2 Å². The highest BCUT2D eigenvalue weighted by Gasteiger charge is 2.30. The Kier molecular flexibility index (Phi) is 6.14. The molecule has 0 aliphatic heterocycles. The van der Waals surface area contributed by atoms with Gasteiger partial charge in [-0.15, -0.1) is 0 Å². The van der Waals surface area contributed by atoms with Crippen LogP contribution in [0, 0.1) is 0 Å². The third-order valence-corrected chi connectivity index (χ3v) is 5.01. The second-order valence-corrected chi connectivity index (χ2v) is 7.34. The zero-order chi connectivity index (χ0) is 19.4. The van der Waals surface area contributed by atoms with E-state index in [1.54, 1.807) is 13.0 Å². The molecular weight excluding hydrogens is 369 g/mol. The maximum atomic E-state index is 12.7. The Hall–Kier alpha value is -2.26. The zero-order valence-corrected chi connectivity index (χ0v) is 14.7. The average Bonchev–Trinajstić information content (AvgIpc) is 2.54. The first-order chi connectivity index (χ1) is 12.1. The van der Waals surface area contributed by atoms with Crippen molar-refractivity contribution in [3.05, 3.63) is 59.4 Å². The number of alkyl halides is 3. The van der Waals surface area contributed by atoms with Gasteiger partial charge in [0.2, 0.25) is 10.0 Å². The van der Waals surface area contributed by atoms with Crippen molar-refractivity contribution >= 4 is 15.8 Å². The summed E-state index contributed by atoms with van der Waals surface area (Å²) in [6, 6.07) is 7.54. The van der Waals surface area contributed by atoms with E-state index in [0.717, 1.165) is 18.3 Å². The normalized spacial score (nSPS) is 12.2. The number of sulfonamides is 1. The van der Waals surface area contributed by atoms with Crippen molar-refractivity contribution in [2.24, 2.45) is 0 Å². The fourth-order valence-corrected chi connectivity index (χ4v) is 3.45. The maximum absolute atomic E-state index is 12.7. The van der Waals surface area contributed by atoms with Crippen molar-refractivity contribution in [1.29, 1.82) is 0 Å². The van der Waals surface area contributed by atoms with Gasteiger partial charge in [-0.1, -0.05) is 19.1 Å². The molecular formula is C17H17F3N2O3S. The molecule has 5 nitrogen and oxygen atoms in total. The minimum Gasteiger partial charge on any atom is -0.299 e. The number of Topliss-reactive ketones (excluding diaryl/α,β-unsaturated/α-hetero) is 1. The van der Waals surface area contributed by atoms with Crippen molar-refractivity contribution in [2.45, 2.75) is 30.8 Å². The Balaban J connectivity index is 2.12. The molecule has 1 aromatic heterocycles. The zero-order valence-electron chi connectivity index (χ0n) is 13.9. The van der Waals surface area contributed by atoms with Crippen molar-refractivity contribution in [3.63, 3.8) is 0 Å². The molecule has 0 unspecified atom stereocenters. The molecule has 9 heteroatoms. The van der Waals surface area contributed by atoms with Crippen molar-refractivity contribution in [3.8, 4) is 0 Å². The lowest BCUT2D eigenvalue weighted by molar-refractivity contribution is -0.137. The van der Waals surface area contributed by atoms with Gasteiger partial charge in [-0.3, -0.25) is 9.78 Å². The molecule has 0 saturated heterocycles. The Morgan fingerprint density at radius 1 is 1.15 bits per heavy atom. The number of aromatic nitrogens is 1. The number of carbonyl (C=O) groups excluding carboxylic acids is 1. The monoisotopic (exact) mass is 386 g/mol. The van der Waals surface area contributed by atoms with Gasteiger partial charge >= 0.3 is 6.18 Å². The lowest BCUT2D eigenvalue weighted by Gasteiger charge is -2.08. The number of carbonyl (C=O) groups is 1. The molecule has 1 aromatic carbocycles. The number of benzene rings is 1. The SMILES string of the molecule is CCNS(=O)(=O)c1cccc(CC(=O)Cc2cc(C(F)(F)F)ccn2)c1. The lowest BCUT2D eigenvalue weighted by atomic mass is 10.0. The van der Waals surface area contributed by atoms with Crippen molar-refractivity contribution in [2.75, 3.05) is 6.54 Å². The van der Waals surface area contributed by atoms with E-state index in [0.29, 0.717) is 5.56 Å². The summed E-state index contributed by atoms with van der Waals surface area (Å²) in [6.45, 7) is 1.87. The van der Waals surface area contributed by atoms with E-state index >= 15 is 0 Å². The molecule has 140 valence electrons. The van der Waals surface area contributed by atoms with Gasteiger partial charge in [0.05, 0.1) is 10.5 Å². The van der Waals surface area contributed by atoms with E-state index in [9.17, 15) is 26.4 Å². The van der Waals surface area contributed by atoms with Crippen LogP contribution in [0.2, 0.25) is 0 Å². The fraction of sp³-hybridized carbons (Fsp3) is 0.294. The number of pyridine rings is 1. The van der Waals surface area contributed by atoms with Crippen LogP contribution in [0.5, 0.6) is 0 Å². The van der Waals surface area contributed by atoms with Crippen LogP contribution >= 0.6 is 0 Å². The quantitative estimate of drug-likeness (QED) is 0.794. The molecule has 0 atom stereocenters. The van der Waals surface area contributed by atoms with Gasteiger partial charge in [0.1, 0.15) is 5.78 Å². The molecule has 2 aromatic rings. The molecule has 26 heavy (non-hydrogen) atoms. The summed E-state index contributed by atoms with van der Waals surface area (Å²) in [6.07, 6.45) is -3.87. The van der Waals surface area contributed by atoms with Gasteiger partial charge in [0.25, 0.3) is 0 Å². The molecule has 1 heterocycles. The molecule has 0 radical (unpaired) electrons. The number of nitrogens with zero attached hydrogens (tertiary/aromatic N) is 1. The number of halogens is 3. The van der Waals surface area contributed by atoms with E-state index in [2.05, 4.69) is 9.71 Å². The topological polar surface area (TPSA) is 76.1 Å². The molecule has 0 spiro atoms. The summed E-state index contributed by atoms with van der Waals surface area (Å²) in [4.78, 5) is 16.0. The number of ketones is 1. The third kappa shape index (κ3) is 5.37. The van der Waals surface area contributed by atoms with E-state index < -0.39 is 21.8 Å². The van der Waals surface area contributed by atoms with Crippen LogP contribution in [0.3, 0.4) is 0 Å². The van der Waals surface area contributed by atoms with Gasteiger partial charge in [-0.05, 0) is 29.8 Å². The Morgan fingerprint density at radius 3 is 2.54 bits per heavy atom. The highest BCUT2D eigenvalue weighted by atomic mass is 32.2. The van der Waals surface area contributed by atoms with Crippen LogP contribution in [0.4, 0.5) is 13.2 Å². The Bertz CT molecular complexity index is 896. The largest absolute Gasteiger partial charge is 0.416 e. The molecule has 0 aliphatic carbocycles. The van der Waals surface area contributed by atoms with Gasteiger partial charge in [-0.2, -0.15) is 13.2 Å². The van der Waals surface area contributed by atoms with Gasteiger partial charge in [0.15, 0.2) is 0 Å². The third-order valence-electron chi connectivity index (χ3n) is 3.47. The van der Waals surface area contributed by atoms with Crippen LogP contribution in [-0.2, 0) is 33.8 Å². The smallest absolute Gasteiger partial charge is 0.299 e. The summed E-state index contributed by atoms with van der Waals surface area (Å²) in [5, 5.41) is 0. The number of nitrogens with one attached hydrogen (secondary N) is 1. The Labute approximate surface area is 149 Å². The first-order valence-electron chi connectivity index (χ1n) is 7.74. The highest BCUT2D eigenvalue weighted by molar-refractivity contribution is 7.89. The number of hydrogen-bond donors (Lipinski definition) is 1. The standard InChI is InChI=1S/C17H17F3N2O3S/c1-2-22-26(24,25)16-5-3-4-12(9-16)8-15(23)11-14-10-13(6-7-21-14)17(18,19)20/h3-7,9-10,22H,2,8,11H2,1H3. The molecule has 0 amide bonds. The minimum atomic E-state index is -4.50. The van der Waals surface area contributed by atoms with Crippen molar-refractivity contribution < 1.29 is 26.4 Å². The first kappa shape index (κ1) is 20.1. The van der Waals surface area contributed by atoms with Gasteiger partial charge < -0.3 is 0 Å². The molecule has 1 N–H and O–H groups in total. The van der Waals surface area contributed by atoms with Gasteiger partial charge in [-0.25, -0.2) is 13.1 Å². The summed E-state index contributed by atoms with van der Waals surface area (Å²) >= 11 is 0. The lowest BCUT2D eigenvalue weighted by Crippen LogP contribution is -2.23. The summed E-state index contributed by atoms with van der Waals surface area (Å²) in [5.41, 5.74) is -0.392.